The monoisotopic (exact) mass is 565 g/mol. The van der Waals surface area contributed by atoms with Gasteiger partial charge in [0.05, 0.1) is 11.5 Å². The molecule has 0 bridgehead atoms. The Morgan fingerprint density at radius 1 is 1.15 bits per heavy atom. The zero-order valence-electron chi connectivity index (χ0n) is 23.7. The second-order valence-corrected chi connectivity index (χ2v) is 12.9. The topological polar surface area (TPSA) is 98.9 Å². The lowest BCUT2D eigenvalue weighted by atomic mass is 9.65. The van der Waals surface area contributed by atoms with Gasteiger partial charge in [-0.1, -0.05) is 17.7 Å². The molecule has 2 N–H and O–H groups in total. The number of aliphatic carboxylic acids is 1. The highest BCUT2D eigenvalue weighted by molar-refractivity contribution is 6.30. The number of benzene rings is 1. The molecule has 2 aromatic heterocycles. The number of halogens is 1. The molecule has 3 fully saturated rings. The molecule has 0 unspecified atom stereocenters. The molecule has 9 nitrogen and oxygen atoms in total. The number of carbonyl (C=O) groups is 1. The minimum atomic E-state index is -0.643. The van der Waals surface area contributed by atoms with E-state index in [1.165, 1.54) is 18.4 Å². The summed E-state index contributed by atoms with van der Waals surface area (Å²) < 4.78 is 1.77. The van der Waals surface area contributed by atoms with Gasteiger partial charge in [-0.2, -0.15) is 19.6 Å². The van der Waals surface area contributed by atoms with Crippen LogP contribution in [0.5, 0.6) is 0 Å². The van der Waals surface area contributed by atoms with Crippen molar-refractivity contribution in [2.45, 2.75) is 71.4 Å². The van der Waals surface area contributed by atoms with Crippen LogP contribution in [-0.2, 0) is 4.79 Å². The van der Waals surface area contributed by atoms with Crippen LogP contribution in [0.4, 0.5) is 11.6 Å². The van der Waals surface area contributed by atoms with Gasteiger partial charge in [0.2, 0.25) is 0 Å². The first-order chi connectivity index (χ1) is 19.2. The second-order valence-electron chi connectivity index (χ2n) is 12.5. The van der Waals surface area contributed by atoms with Gasteiger partial charge in [-0.3, -0.25) is 4.79 Å². The third-order valence-electron chi connectivity index (χ3n) is 9.73. The predicted octanol–water partition coefficient (Wildman–Crippen LogP) is 5.44. The maximum Gasteiger partial charge on any atom is 0.309 e. The van der Waals surface area contributed by atoms with E-state index in [4.69, 9.17) is 16.6 Å². The van der Waals surface area contributed by atoms with Crippen molar-refractivity contribution in [2.75, 3.05) is 36.4 Å². The summed E-state index contributed by atoms with van der Waals surface area (Å²) >= 11 is 6.18. The summed E-state index contributed by atoms with van der Waals surface area (Å²) in [4.78, 5) is 25.8. The van der Waals surface area contributed by atoms with Gasteiger partial charge in [0, 0.05) is 36.8 Å². The van der Waals surface area contributed by atoms with Crippen LogP contribution < -0.4 is 10.2 Å². The molecular formula is C30H40ClN7O2. The number of piperidine rings is 2. The first kappa shape index (κ1) is 27.3. The SMILES string of the molecule is Cc1cc(Cl)ccc1[C@@H](C)Nc1cc(N2CCC([C@H]3CCCN(C4CC(C)(C(=O)O)C4)C3)CC2)nc2ncnn12. The lowest BCUT2D eigenvalue weighted by Gasteiger charge is -2.51. The van der Waals surface area contributed by atoms with Gasteiger partial charge >= 0.3 is 5.97 Å². The van der Waals surface area contributed by atoms with E-state index in [1.807, 2.05) is 19.1 Å². The van der Waals surface area contributed by atoms with Crippen molar-refractivity contribution in [2.24, 2.45) is 17.3 Å². The van der Waals surface area contributed by atoms with Crippen LogP contribution in [-0.4, -0.2) is 67.8 Å². The second kappa shape index (κ2) is 10.8. The molecule has 214 valence electrons. The van der Waals surface area contributed by atoms with Crippen molar-refractivity contribution in [3.8, 4) is 0 Å². The Bertz CT molecular complexity index is 1380. The molecular weight excluding hydrogens is 526 g/mol. The van der Waals surface area contributed by atoms with Gasteiger partial charge < -0.3 is 20.2 Å². The standard InChI is InChI=1S/C30H40ClN7O2/c1-19-13-23(31)6-7-25(19)20(2)34-27-14-26(35-29-32-18-33-38(27)29)36-11-8-21(9-12-36)22-5-4-10-37(17-22)24-15-30(3,16-24)28(39)40/h6-7,13-14,18,20-22,24,34H,4-5,8-12,15-17H2,1-3H3,(H,39,40)/t20-,22+,24?,30?/m1/s1. The molecule has 6 rings (SSSR count). The molecule has 3 aliphatic rings. The number of anilines is 2. The lowest BCUT2D eigenvalue weighted by Crippen LogP contribution is -2.56. The average molecular weight is 566 g/mol. The van der Waals surface area contributed by atoms with Gasteiger partial charge in [0.25, 0.3) is 5.78 Å². The van der Waals surface area contributed by atoms with E-state index in [0.717, 1.165) is 74.1 Å². The third-order valence-corrected chi connectivity index (χ3v) is 9.96. The molecule has 2 atom stereocenters. The van der Waals surface area contributed by atoms with Crippen LogP contribution in [0, 0.1) is 24.2 Å². The lowest BCUT2D eigenvalue weighted by molar-refractivity contribution is -0.158. The van der Waals surface area contributed by atoms with Gasteiger partial charge in [-0.25, -0.2) is 0 Å². The number of nitrogens with zero attached hydrogens (tertiary/aromatic N) is 6. The number of aryl methyl sites for hydroxylation is 1. The number of hydrogen-bond donors (Lipinski definition) is 2. The molecule has 0 radical (unpaired) electrons. The minimum Gasteiger partial charge on any atom is -0.481 e. The predicted molar refractivity (Wildman–Crippen MR) is 157 cm³/mol. The Labute approximate surface area is 240 Å². The van der Waals surface area contributed by atoms with Crippen molar-refractivity contribution in [3.63, 3.8) is 0 Å². The van der Waals surface area contributed by atoms with Crippen LogP contribution in [0.15, 0.2) is 30.6 Å². The van der Waals surface area contributed by atoms with Crippen molar-refractivity contribution in [3.05, 3.63) is 46.7 Å². The summed E-state index contributed by atoms with van der Waals surface area (Å²) in [6, 6.07) is 8.59. The molecule has 0 spiro atoms. The zero-order chi connectivity index (χ0) is 28.0. The molecule has 1 saturated carbocycles. The quantitative estimate of drug-likeness (QED) is 0.391. The Morgan fingerprint density at radius 2 is 1.93 bits per heavy atom. The maximum atomic E-state index is 11.6. The highest BCUT2D eigenvalue weighted by Crippen LogP contribution is 2.45. The van der Waals surface area contributed by atoms with E-state index in [9.17, 15) is 9.90 Å². The van der Waals surface area contributed by atoms with Crippen LogP contribution in [0.25, 0.3) is 5.78 Å². The number of hydrogen-bond acceptors (Lipinski definition) is 7. The molecule has 40 heavy (non-hydrogen) atoms. The highest BCUT2D eigenvalue weighted by atomic mass is 35.5. The largest absolute Gasteiger partial charge is 0.481 e. The highest BCUT2D eigenvalue weighted by Gasteiger charge is 2.49. The van der Waals surface area contributed by atoms with Crippen molar-refractivity contribution in [1.82, 2.24) is 24.5 Å². The summed E-state index contributed by atoms with van der Waals surface area (Å²) in [7, 11) is 0. The van der Waals surface area contributed by atoms with Crippen LogP contribution >= 0.6 is 11.6 Å². The number of carboxylic acid groups (broad SMARTS) is 1. The Hall–Kier alpha value is -2.91. The maximum absolute atomic E-state index is 11.6. The van der Waals surface area contributed by atoms with Crippen molar-refractivity contribution < 1.29 is 9.90 Å². The number of aromatic nitrogens is 4. The number of fused-ring (bicyclic) bond motifs is 1. The Kier molecular flexibility index (Phi) is 7.38. The fourth-order valence-corrected chi connectivity index (χ4v) is 7.49. The van der Waals surface area contributed by atoms with E-state index in [1.54, 1.807) is 10.8 Å². The number of rotatable bonds is 7. The van der Waals surface area contributed by atoms with Crippen LogP contribution in [0.3, 0.4) is 0 Å². The van der Waals surface area contributed by atoms with Crippen molar-refractivity contribution >= 4 is 35.0 Å². The molecule has 4 heterocycles. The smallest absolute Gasteiger partial charge is 0.309 e. The zero-order valence-corrected chi connectivity index (χ0v) is 24.4. The van der Waals surface area contributed by atoms with Crippen LogP contribution in [0.2, 0.25) is 5.02 Å². The van der Waals surface area contributed by atoms with E-state index in [-0.39, 0.29) is 6.04 Å². The number of likely N-dealkylation sites (tertiary alicyclic amines) is 1. The van der Waals surface area contributed by atoms with Crippen molar-refractivity contribution in [1.29, 1.82) is 0 Å². The molecule has 2 aliphatic heterocycles. The van der Waals surface area contributed by atoms with Gasteiger partial charge in [0.1, 0.15) is 18.0 Å². The molecule has 0 amide bonds. The molecule has 2 saturated heterocycles. The summed E-state index contributed by atoms with van der Waals surface area (Å²) in [5.41, 5.74) is 1.81. The molecule has 3 aromatic rings. The van der Waals surface area contributed by atoms with Gasteiger partial charge in [0.15, 0.2) is 0 Å². The summed E-state index contributed by atoms with van der Waals surface area (Å²) in [6.45, 7) is 10.3. The minimum absolute atomic E-state index is 0.0592. The number of carboxylic acids is 1. The van der Waals surface area contributed by atoms with E-state index >= 15 is 0 Å². The first-order valence-corrected chi connectivity index (χ1v) is 15.0. The third kappa shape index (κ3) is 5.26. The Morgan fingerprint density at radius 3 is 2.65 bits per heavy atom. The molecule has 1 aromatic carbocycles. The van der Waals surface area contributed by atoms with E-state index in [0.29, 0.717) is 23.7 Å². The fourth-order valence-electron chi connectivity index (χ4n) is 7.26. The Balaban J connectivity index is 1.10. The molecule has 10 heteroatoms. The van der Waals surface area contributed by atoms with Gasteiger partial charge in [-0.05, 0) is 101 Å². The average Bonchev–Trinajstić information content (AvgIpc) is 3.40. The van der Waals surface area contributed by atoms with E-state index in [2.05, 4.69) is 51.2 Å². The summed E-state index contributed by atoms with van der Waals surface area (Å²) in [5, 5.41) is 18.3. The molecule has 1 aliphatic carbocycles. The summed E-state index contributed by atoms with van der Waals surface area (Å²) in [5.74, 6) is 3.16. The first-order valence-electron chi connectivity index (χ1n) is 14.7. The van der Waals surface area contributed by atoms with Gasteiger partial charge in [-0.15, -0.1) is 0 Å². The number of nitrogens with one attached hydrogen (secondary N) is 1. The normalized spacial score (nSPS) is 26.9. The summed E-state index contributed by atoms with van der Waals surface area (Å²) in [6.07, 6.45) is 7.93. The van der Waals surface area contributed by atoms with E-state index < -0.39 is 11.4 Å². The van der Waals surface area contributed by atoms with Crippen LogP contribution in [0.1, 0.15) is 69.5 Å². The fraction of sp³-hybridized carbons (Fsp3) is 0.600.